The van der Waals surface area contributed by atoms with E-state index in [2.05, 4.69) is 14.8 Å². The van der Waals surface area contributed by atoms with Gasteiger partial charge in [0.2, 0.25) is 10.0 Å². The summed E-state index contributed by atoms with van der Waals surface area (Å²) in [6.07, 6.45) is 1.72. The maximum absolute atomic E-state index is 13.4. The van der Waals surface area contributed by atoms with Gasteiger partial charge in [-0.05, 0) is 35.4 Å². The van der Waals surface area contributed by atoms with Crippen LogP contribution in [0.15, 0.2) is 79.0 Å². The third-order valence-electron chi connectivity index (χ3n) is 6.00. The van der Waals surface area contributed by atoms with Crippen LogP contribution >= 0.6 is 23.2 Å². The van der Waals surface area contributed by atoms with Crippen LogP contribution in [0.3, 0.4) is 0 Å². The van der Waals surface area contributed by atoms with E-state index >= 15 is 0 Å². The zero-order valence-corrected chi connectivity index (χ0v) is 22.2. The van der Waals surface area contributed by atoms with E-state index in [1.807, 2.05) is 42.5 Å². The number of carbonyl (C=O) groups is 1. The molecule has 5 rings (SSSR count). The van der Waals surface area contributed by atoms with Gasteiger partial charge in [0.15, 0.2) is 0 Å². The summed E-state index contributed by atoms with van der Waals surface area (Å²) in [6.45, 7) is -0.257. The highest BCUT2D eigenvalue weighted by Gasteiger charge is 2.27. The van der Waals surface area contributed by atoms with E-state index < -0.39 is 28.3 Å². The van der Waals surface area contributed by atoms with Crippen LogP contribution in [-0.4, -0.2) is 46.6 Å². The molecule has 3 aromatic carbocycles. The van der Waals surface area contributed by atoms with E-state index in [1.165, 1.54) is 0 Å². The molecular formula is C27H22Cl2N4O4S. The van der Waals surface area contributed by atoms with Crippen LogP contribution in [0.4, 0.5) is 0 Å². The number of hydrogen-bond acceptors (Lipinski definition) is 5. The van der Waals surface area contributed by atoms with Crippen molar-refractivity contribution >= 4 is 50.0 Å². The number of H-pyrrole nitrogens is 1. The average Bonchev–Trinajstić information content (AvgIpc) is 3.46. The highest BCUT2D eigenvalue weighted by molar-refractivity contribution is 7.90. The number of nitrogens with zero attached hydrogens (tertiary/aromatic N) is 2. The van der Waals surface area contributed by atoms with E-state index in [1.54, 1.807) is 41.2 Å². The topological polar surface area (TPSA) is 117 Å². The lowest BCUT2D eigenvalue weighted by Crippen LogP contribution is -2.34. The zero-order chi connectivity index (χ0) is 26.9. The fraction of sp³-hybridized carbons (Fsp3) is 0.111. The molecular weight excluding hydrogens is 547 g/mol. The number of carbonyl (C=O) groups excluding carboxylic acids is 1. The first kappa shape index (κ1) is 26.0. The van der Waals surface area contributed by atoms with Crippen LogP contribution in [0.1, 0.15) is 16.1 Å². The fourth-order valence-corrected chi connectivity index (χ4v) is 5.34. The van der Waals surface area contributed by atoms with Crippen LogP contribution < -0.4 is 4.72 Å². The van der Waals surface area contributed by atoms with Crippen LogP contribution in [0, 0.1) is 0 Å². The molecule has 0 aliphatic carbocycles. The van der Waals surface area contributed by atoms with Crippen molar-refractivity contribution in [3.8, 4) is 22.4 Å². The standard InChI is InChI=1S/C27H22Cl2N4O4S/c28-19-8-6-17(7-9-19)16-33-26(22(15-30-33)18-4-2-1-3-5-18)24-21-11-10-20(29)14-23(21)31-25(24)27(35)32-38(36,37)13-12-34/h1-11,14-15,31,34H,12-13,16H2,(H,32,35). The number of benzene rings is 3. The van der Waals surface area contributed by atoms with E-state index in [4.69, 9.17) is 28.3 Å². The molecule has 1 amide bonds. The summed E-state index contributed by atoms with van der Waals surface area (Å²) in [6, 6.07) is 22.1. The number of aromatic amines is 1. The van der Waals surface area contributed by atoms with Gasteiger partial charge in [-0.3, -0.25) is 9.48 Å². The molecule has 8 nitrogen and oxygen atoms in total. The minimum atomic E-state index is -4.07. The number of aliphatic hydroxyl groups is 1. The maximum Gasteiger partial charge on any atom is 0.281 e. The molecule has 0 unspecified atom stereocenters. The number of aliphatic hydroxyl groups excluding tert-OH is 1. The van der Waals surface area contributed by atoms with Crippen molar-refractivity contribution in [2.24, 2.45) is 0 Å². The molecule has 5 aromatic rings. The second-order valence-electron chi connectivity index (χ2n) is 8.60. The molecule has 0 saturated heterocycles. The van der Waals surface area contributed by atoms with E-state index in [9.17, 15) is 13.2 Å². The van der Waals surface area contributed by atoms with Gasteiger partial charge in [-0.1, -0.05) is 71.7 Å². The van der Waals surface area contributed by atoms with E-state index in [0.29, 0.717) is 38.8 Å². The second kappa shape index (κ2) is 10.6. The Hall–Kier alpha value is -3.63. The average molecular weight is 569 g/mol. The van der Waals surface area contributed by atoms with Crippen molar-refractivity contribution in [2.45, 2.75) is 6.54 Å². The first-order valence-corrected chi connectivity index (χ1v) is 14.0. The number of nitrogens with one attached hydrogen (secondary N) is 2. The molecule has 0 fully saturated rings. The molecule has 194 valence electrons. The van der Waals surface area contributed by atoms with Gasteiger partial charge in [0.25, 0.3) is 5.91 Å². The van der Waals surface area contributed by atoms with Crippen molar-refractivity contribution < 1.29 is 18.3 Å². The van der Waals surface area contributed by atoms with Gasteiger partial charge in [-0.25, -0.2) is 13.1 Å². The lowest BCUT2D eigenvalue weighted by molar-refractivity contribution is 0.0978. The summed E-state index contributed by atoms with van der Waals surface area (Å²) in [5.74, 6) is -1.47. The Morgan fingerprint density at radius 1 is 1.00 bits per heavy atom. The van der Waals surface area contributed by atoms with Crippen LogP contribution in [0.25, 0.3) is 33.3 Å². The smallest absolute Gasteiger partial charge is 0.281 e. The molecule has 0 bridgehead atoms. The van der Waals surface area contributed by atoms with Gasteiger partial charge in [0, 0.05) is 32.1 Å². The predicted molar refractivity (Wildman–Crippen MR) is 149 cm³/mol. The third-order valence-corrected chi connectivity index (χ3v) is 7.71. The molecule has 38 heavy (non-hydrogen) atoms. The molecule has 11 heteroatoms. The van der Waals surface area contributed by atoms with Crippen molar-refractivity contribution in [3.05, 3.63) is 100 Å². The Bertz CT molecular complexity index is 1730. The summed E-state index contributed by atoms with van der Waals surface area (Å²) >= 11 is 12.3. The van der Waals surface area contributed by atoms with Crippen LogP contribution in [0.2, 0.25) is 10.0 Å². The van der Waals surface area contributed by atoms with E-state index in [-0.39, 0.29) is 5.69 Å². The monoisotopic (exact) mass is 568 g/mol. The SMILES string of the molecule is O=C(NS(=O)(=O)CCO)c1[nH]c2cc(Cl)ccc2c1-c1c(-c2ccccc2)cnn1Cc1ccc(Cl)cc1. The third kappa shape index (κ3) is 5.32. The Kier molecular flexibility index (Phi) is 7.27. The molecule has 0 saturated carbocycles. The molecule has 3 N–H and O–H groups in total. The molecule has 0 spiro atoms. The summed E-state index contributed by atoms with van der Waals surface area (Å²) in [5, 5.41) is 15.5. The Balaban J connectivity index is 1.75. The first-order valence-electron chi connectivity index (χ1n) is 11.6. The first-order chi connectivity index (χ1) is 18.3. The highest BCUT2D eigenvalue weighted by atomic mass is 35.5. The summed E-state index contributed by atoms with van der Waals surface area (Å²) < 4.78 is 28.5. The lowest BCUT2D eigenvalue weighted by atomic mass is 9.98. The number of sulfonamides is 1. The van der Waals surface area contributed by atoms with Gasteiger partial charge in [0.1, 0.15) is 5.69 Å². The zero-order valence-electron chi connectivity index (χ0n) is 19.9. The second-order valence-corrected chi connectivity index (χ2v) is 11.3. The van der Waals surface area contributed by atoms with Crippen LogP contribution in [0.5, 0.6) is 0 Å². The molecule has 0 radical (unpaired) electrons. The number of amides is 1. The Morgan fingerprint density at radius 3 is 2.42 bits per heavy atom. The fourth-order valence-electron chi connectivity index (χ4n) is 4.31. The summed E-state index contributed by atoms with van der Waals surface area (Å²) in [5.41, 5.74) is 4.21. The number of hydrogen-bond donors (Lipinski definition) is 3. The minimum absolute atomic E-state index is 0.0267. The quantitative estimate of drug-likeness (QED) is 0.240. The van der Waals surface area contributed by atoms with E-state index in [0.717, 1.165) is 16.7 Å². The van der Waals surface area contributed by atoms with Gasteiger partial charge >= 0.3 is 0 Å². The van der Waals surface area contributed by atoms with Gasteiger partial charge < -0.3 is 10.1 Å². The summed E-state index contributed by atoms with van der Waals surface area (Å²) in [4.78, 5) is 16.4. The van der Waals surface area contributed by atoms with Gasteiger partial charge in [-0.15, -0.1) is 0 Å². The van der Waals surface area contributed by atoms with Crippen molar-refractivity contribution in [3.63, 3.8) is 0 Å². The molecule has 0 aliphatic heterocycles. The normalized spacial score (nSPS) is 11.7. The molecule has 2 heterocycles. The van der Waals surface area contributed by atoms with Crippen LogP contribution in [-0.2, 0) is 16.6 Å². The van der Waals surface area contributed by atoms with Crippen molar-refractivity contribution in [1.29, 1.82) is 0 Å². The Labute approximate surface area is 228 Å². The van der Waals surface area contributed by atoms with Crippen molar-refractivity contribution in [2.75, 3.05) is 12.4 Å². The Morgan fingerprint density at radius 2 is 1.71 bits per heavy atom. The molecule has 0 atom stereocenters. The van der Waals surface area contributed by atoms with Crippen molar-refractivity contribution in [1.82, 2.24) is 19.5 Å². The van der Waals surface area contributed by atoms with Gasteiger partial charge in [-0.2, -0.15) is 5.10 Å². The minimum Gasteiger partial charge on any atom is -0.395 e. The number of halogens is 2. The largest absolute Gasteiger partial charge is 0.395 e. The number of aromatic nitrogens is 3. The predicted octanol–water partition coefficient (Wildman–Crippen LogP) is 5.11. The van der Waals surface area contributed by atoms with Gasteiger partial charge in [0.05, 0.1) is 30.8 Å². The summed E-state index contributed by atoms with van der Waals surface area (Å²) in [7, 11) is -4.07. The number of rotatable bonds is 8. The lowest BCUT2D eigenvalue weighted by Gasteiger charge is -2.13. The molecule has 0 aliphatic rings. The maximum atomic E-state index is 13.4. The highest BCUT2D eigenvalue weighted by Crippen LogP contribution is 2.40. The number of fused-ring (bicyclic) bond motifs is 1. The molecule has 2 aromatic heterocycles.